The lowest BCUT2D eigenvalue weighted by molar-refractivity contribution is -0.419. The molecule has 5 aliphatic rings. The summed E-state index contributed by atoms with van der Waals surface area (Å²) < 4.78 is 73.6. The smallest absolute Gasteiger partial charge is 0.334 e. The van der Waals surface area contributed by atoms with Gasteiger partial charge in [-0.25, -0.2) is 4.79 Å². The first-order valence-electron chi connectivity index (χ1n) is 28.5. The van der Waals surface area contributed by atoms with Gasteiger partial charge in [0.25, 0.3) is 0 Å². The van der Waals surface area contributed by atoms with Crippen LogP contribution >= 0.6 is 0 Å². The minimum atomic E-state index is -2.44. The average Bonchev–Trinajstić information content (AvgIpc) is 3.59. The molecule has 5 rings (SSSR count). The third-order valence-electron chi connectivity index (χ3n) is 16.8. The van der Waals surface area contributed by atoms with Crippen LogP contribution in [0, 0.1) is 11.8 Å². The summed E-state index contributed by atoms with van der Waals surface area (Å²) in [6, 6.07) is 0. The lowest BCUT2D eigenvalue weighted by Crippen LogP contribution is -2.74. The molecule has 4 fully saturated rings. The summed E-state index contributed by atoms with van der Waals surface area (Å²) in [5.74, 6) is -4.65. The molecule has 0 aliphatic carbocycles. The van der Waals surface area contributed by atoms with Crippen LogP contribution in [0.4, 0.5) is 0 Å². The van der Waals surface area contributed by atoms with Crippen LogP contribution in [0.3, 0.4) is 0 Å². The fourth-order valence-corrected chi connectivity index (χ4v) is 12.0. The van der Waals surface area contributed by atoms with Crippen molar-refractivity contribution in [3.63, 3.8) is 0 Å². The second-order valence-corrected chi connectivity index (χ2v) is 24.1. The van der Waals surface area contributed by atoms with E-state index < -0.39 is 151 Å². The summed E-state index contributed by atoms with van der Waals surface area (Å²) in [5, 5.41) is 103. The minimum Gasteiger partial charge on any atom is -0.497 e. The average molecular weight is 1170 g/mol. The van der Waals surface area contributed by atoms with Gasteiger partial charge in [-0.2, -0.15) is 0 Å². The van der Waals surface area contributed by atoms with Gasteiger partial charge >= 0.3 is 5.97 Å². The third-order valence-corrected chi connectivity index (χ3v) is 16.8. The lowest BCUT2D eigenvalue weighted by atomic mass is 9.75. The number of carbonyl (C=O) groups is 1. The van der Waals surface area contributed by atoms with Crippen molar-refractivity contribution in [1.29, 1.82) is 0 Å². The molecular formula is C60H98O22. The van der Waals surface area contributed by atoms with E-state index in [4.69, 9.17) is 56.8 Å². The van der Waals surface area contributed by atoms with E-state index >= 15 is 0 Å². The number of rotatable bonds is 15. The molecule has 0 spiro atoms. The second kappa shape index (κ2) is 29.1. The maximum atomic E-state index is 14.5. The Morgan fingerprint density at radius 3 is 1.91 bits per heavy atom. The molecule has 470 valence electrons. The zero-order valence-electron chi connectivity index (χ0n) is 51.1. The van der Waals surface area contributed by atoms with Crippen molar-refractivity contribution in [1.82, 2.24) is 0 Å². The summed E-state index contributed by atoms with van der Waals surface area (Å²) in [7, 11) is 5.64. The Hall–Kier alpha value is -3.05. The molecule has 0 aromatic rings. The van der Waals surface area contributed by atoms with Crippen molar-refractivity contribution >= 4 is 5.97 Å². The van der Waals surface area contributed by atoms with E-state index in [9.17, 15) is 50.8 Å². The van der Waals surface area contributed by atoms with Crippen LogP contribution in [0.2, 0.25) is 0 Å². The molecule has 22 nitrogen and oxygen atoms in total. The van der Waals surface area contributed by atoms with Gasteiger partial charge in [0.1, 0.15) is 60.2 Å². The molecule has 0 amide bonds. The van der Waals surface area contributed by atoms with Crippen LogP contribution in [-0.4, -0.2) is 220 Å². The van der Waals surface area contributed by atoms with Gasteiger partial charge in [0.05, 0.1) is 67.0 Å². The Morgan fingerprint density at radius 2 is 1.32 bits per heavy atom. The number of hydrogen-bond donors (Lipinski definition) is 9. The number of carbonyl (C=O) groups excluding carboxylic acids is 1. The number of cyclic esters (lactones) is 1. The zero-order chi connectivity index (χ0) is 61.6. The van der Waals surface area contributed by atoms with E-state index in [-0.39, 0.29) is 43.6 Å². The Balaban J connectivity index is 1.51. The van der Waals surface area contributed by atoms with Crippen molar-refractivity contribution < 1.29 is 108 Å². The number of esters is 1. The van der Waals surface area contributed by atoms with Crippen molar-refractivity contribution in [2.45, 2.75) is 255 Å². The Morgan fingerprint density at radius 1 is 0.683 bits per heavy atom. The normalized spacial score (nSPS) is 47.7. The van der Waals surface area contributed by atoms with Gasteiger partial charge < -0.3 is 103 Å². The number of hydrogen-bond acceptors (Lipinski definition) is 22. The summed E-state index contributed by atoms with van der Waals surface area (Å²) in [5.41, 5.74) is -1.99. The number of allylic oxidation sites excluding steroid dienone is 7. The number of aliphatic hydroxyl groups excluding tert-OH is 6. The molecule has 11 unspecified atom stereocenters. The Labute approximate surface area is 484 Å². The number of aliphatic hydroxyl groups is 9. The van der Waals surface area contributed by atoms with Crippen LogP contribution in [0.1, 0.15) is 122 Å². The second-order valence-electron chi connectivity index (χ2n) is 24.1. The quantitative estimate of drug-likeness (QED) is 0.0836. The SMILES string of the molecule is COCCCC1OC(O)(C(C)C2CC(OC)C(O)/C=C(C)/C=C(C)/C=C(/C)C(O[C@@H]3O[C@@H](C)[C@H](O)[C@@H](O)[C@@H]3O)C(C)/C=C(C)/C=C(OC)\C=C(/C)C(=O)O2)C(OC)C(O)C1(C)O[C@H]1C[C@@](C)(O)[C@H](O[C@H]2C[C@@](C)(O)[C@H](O)[C@@H](C)O2)[C@@H](C)O1. The molecule has 5 heterocycles. The summed E-state index contributed by atoms with van der Waals surface area (Å²) in [6.45, 7) is 22.1. The largest absolute Gasteiger partial charge is 0.497 e. The van der Waals surface area contributed by atoms with Gasteiger partial charge in [-0.05, 0) is 107 Å². The summed E-state index contributed by atoms with van der Waals surface area (Å²) >= 11 is 0. The Bertz CT molecular complexity index is 2290. The van der Waals surface area contributed by atoms with E-state index in [1.54, 1.807) is 60.6 Å². The number of ether oxygens (including phenoxy) is 12. The highest BCUT2D eigenvalue weighted by Gasteiger charge is 2.65. The van der Waals surface area contributed by atoms with Gasteiger partial charge in [-0.1, -0.05) is 54.9 Å². The molecule has 4 saturated heterocycles. The van der Waals surface area contributed by atoms with Crippen molar-refractivity contribution in [3.05, 3.63) is 70.1 Å². The van der Waals surface area contributed by atoms with Crippen molar-refractivity contribution in [3.8, 4) is 0 Å². The first kappa shape index (κ1) is 69.7. The van der Waals surface area contributed by atoms with Crippen LogP contribution in [-0.2, 0) is 61.6 Å². The van der Waals surface area contributed by atoms with Crippen LogP contribution in [0.25, 0.3) is 0 Å². The third kappa shape index (κ3) is 16.5. The van der Waals surface area contributed by atoms with Gasteiger partial charge in [0.2, 0.25) is 5.79 Å². The Kier molecular flexibility index (Phi) is 24.7. The molecule has 22 heteroatoms. The van der Waals surface area contributed by atoms with Crippen LogP contribution < -0.4 is 0 Å². The maximum absolute atomic E-state index is 14.5. The zero-order valence-corrected chi connectivity index (χ0v) is 51.1. The number of methoxy groups -OCH3 is 4. The van der Waals surface area contributed by atoms with E-state index in [0.717, 1.165) is 11.1 Å². The highest BCUT2D eigenvalue weighted by Crippen LogP contribution is 2.47. The van der Waals surface area contributed by atoms with Crippen LogP contribution in [0.15, 0.2) is 70.1 Å². The van der Waals surface area contributed by atoms with Crippen LogP contribution in [0.5, 0.6) is 0 Å². The predicted octanol–water partition coefficient (Wildman–Crippen LogP) is 3.61. The first-order valence-corrected chi connectivity index (χ1v) is 28.5. The molecular weight excluding hydrogens is 1070 g/mol. The highest BCUT2D eigenvalue weighted by molar-refractivity contribution is 5.88. The lowest BCUT2D eigenvalue weighted by Gasteiger charge is -2.57. The molecule has 0 aromatic heterocycles. The molecule has 0 radical (unpaired) electrons. The highest BCUT2D eigenvalue weighted by atomic mass is 16.7. The monoisotopic (exact) mass is 1170 g/mol. The predicted molar refractivity (Wildman–Crippen MR) is 298 cm³/mol. The molecule has 5 aliphatic heterocycles. The molecule has 0 aromatic carbocycles. The van der Waals surface area contributed by atoms with E-state index in [0.29, 0.717) is 17.6 Å². The van der Waals surface area contributed by atoms with Crippen molar-refractivity contribution in [2.24, 2.45) is 11.8 Å². The summed E-state index contributed by atoms with van der Waals surface area (Å²) in [6.07, 6.45) is -10.9. The molecule has 9 N–H and O–H groups in total. The molecule has 0 bridgehead atoms. The van der Waals surface area contributed by atoms with Gasteiger partial charge in [0, 0.05) is 58.7 Å². The van der Waals surface area contributed by atoms with E-state index in [1.807, 2.05) is 45.9 Å². The fourth-order valence-electron chi connectivity index (χ4n) is 12.0. The topological polar surface area (TPSA) is 310 Å². The van der Waals surface area contributed by atoms with Crippen molar-refractivity contribution in [2.75, 3.05) is 35.0 Å². The van der Waals surface area contributed by atoms with E-state index in [1.165, 1.54) is 48.4 Å². The van der Waals surface area contributed by atoms with E-state index in [2.05, 4.69) is 0 Å². The molecule has 0 saturated carbocycles. The standard InChI is InChI=1S/C60H98O22/c1-30-21-31(2)25-41(61)43(73-16)27-42(78-55(67)35(6)26-40(72-15)24-32(3)23-34(5)50(33(4)22-30)80-56-49(64)48(63)47(62)37(8)77-56)36(7)60(70)54(74-17)52(66)59(13,44(81-60)19-18-20-71-14)82-46-29-58(12,69)53(39(10)76-46)79-45-28-57(11,68)51(65)38(9)75-45/h21-26,34,36-39,41-54,56,61-66,68-70H,18-20,27-29H2,1-17H3/b30-21+,31-25+,32-23+,33-22-,35-26+,40-24+/t34?,36?,37-,38+,39+,41?,42?,43?,44?,45-,46-,47-,48+,49-,50?,51+,52?,53+,54?,56-,57+,58+,59?,60?/m0/s1. The van der Waals surface area contributed by atoms with Gasteiger partial charge in [-0.15, -0.1) is 0 Å². The fraction of sp³-hybridized carbons (Fsp3) is 0.783. The minimum absolute atomic E-state index is 0.0766. The first-order chi connectivity index (χ1) is 38.2. The molecule has 82 heavy (non-hydrogen) atoms. The maximum Gasteiger partial charge on any atom is 0.334 e. The van der Waals surface area contributed by atoms with Gasteiger partial charge in [-0.3, -0.25) is 0 Å². The molecule has 24 atom stereocenters. The van der Waals surface area contributed by atoms with Gasteiger partial charge in [0.15, 0.2) is 18.9 Å². The summed E-state index contributed by atoms with van der Waals surface area (Å²) in [4.78, 5) is 14.5.